The highest BCUT2D eigenvalue weighted by Crippen LogP contribution is 2.10. The number of hydrogen-bond acceptors (Lipinski definition) is 5. The summed E-state index contributed by atoms with van der Waals surface area (Å²) in [5.41, 5.74) is 4.90. The van der Waals surface area contributed by atoms with Crippen molar-refractivity contribution >= 4 is 11.9 Å². The lowest BCUT2D eigenvalue weighted by Crippen LogP contribution is -2.33. The van der Waals surface area contributed by atoms with Crippen LogP contribution in [0.15, 0.2) is 11.8 Å². The van der Waals surface area contributed by atoms with Crippen LogP contribution in [0.1, 0.15) is 26.2 Å². The van der Waals surface area contributed by atoms with E-state index in [9.17, 15) is 9.59 Å². The largest absolute Gasteiger partial charge is 0.462 e. The van der Waals surface area contributed by atoms with Gasteiger partial charge in [-0.3, -0.25) is 4.79 Å². The number of ether oxygens (including phenoxy) is 2. The number of carbonyl (C=O) groups excluding carboxylic acids is 2. The zero-order chi connectivity index (χ0) is 12.7. The first-order chi connectivity index (χ1) is 8.15. The fraction of sp³-hybridized carbons (Fsp3) is 0.636. The average Bonchev–Trinajstić information content (AvgIpc) is 2.30. The van der Waals surface area contributed by atoms with E-state index in [0.717, 1.165) is 19.3 Å². The Labute approximate surface area is 100 Å². The summed E-state index contributed by atoms with van der Waals surface area (Å²) in [7, 11) is 0. The summed E-state index contributed by atoms with van der Waals surface area (Å²) in [6.45, 7) is 2.54. The number of primary amides is 1. The highest BCUT2D eigenvalue weighted by Gasteiger charge is 2.18. The lowest BCUT2D eigenvalue weighted by atomic mass is 10.2. The van der Waals surface area contributed by atoms with Gasteiger partial charge in [-0.2, -0.15) is 0 Å². The molecule has 0 aliphatic carbocycles. The standard InChI is InChI=1S/C11H18N2O4/c1-2-16-11(15)8(10(12)14)7-13-9-5-3-4-6-17-9/h7,9,13H,2-6H2,1H3,(H2,12,14)/b8-7+. The average molecular weight is 242 g/mol. The van der Waals surface area contributed by atoms with Gasteiger partial charge in [-0.05, 0) is 26.2 Å². The molecule has 0 saturated carbocycles. The van der Waals surface area contributed by atoms with Crippen LogP contribution in [0, 0.1) is 0 Å². The van der Waals surface area contributed by atoms with E-state index in [-0.39, 0.29) is 18.4 Å². The maximum Gasteiger partial charge on any atom is 0.345 e. The minimum atomic E-state index is -0.813. The molecule has 17 heavy (non-hydrogen) atoms. The molecule has 1 rings (SSSR count). The highest BCUT2D eigenvalue weighted by molar-refractivity contribution is 6.15. The van der Waals surface area contributed by atoms with Crippen molar-refractivity contribution in [3.63, 3.8) is 0 Å². The van der Waals surface area contributed by atoms with Crippen molar-refractivity contribution in [2.45, 2.75) is 32.4 Å². The molecule has 0 aromatic rings. The van der Waals surface area contributed by atoms with E-state index in [0.29, 0.717) is 6.61 Å². The summed E-state index contributed by atoms with van der Waals surface area (Å²) in [5, 5.41) is 2.86. The Hall–Kier alpha value is -1.56. The molecule has 1 aliphatic rings. The Bertz CT molecular complexity index is 309. The maximum absolute atomic E-state index is 11.4. The quantitative estimate of drug-likeness (QED) is 0.307. The van der Waals surface area contributed by atoms with Gasteiger partial charge in [0.2, 0.25) is 0 Å². The van der Waals surface area contributed by atoms with Gasteiger partial charge in [0.15, 0.2) is 0 Å². The second-order valence-electron chi connectivity index (χ2n) is 3.66. The third-order valence-corrected chi connectivity index (χ3v) is 2.35. The molecular formula is C11H18N2O4. The smallest absolute Gasteiger partial charge is 0.345 e. The van der Waals surface area contributed by atoms with Crippen molar-refractivity contribution in [2.24, 2.45) is 5.73 Å². The van der Waals surface area contributed by atoms with Crippen LogP contribution >= 0.6 is 0 Å². The molecule has 1 saturated heterocycles. The molecule has 1 aliphatic heterocycles. The van der Waals surface area contributed by atoms with Crippen LogP contribution in [-0.2, 0) is 19.1 Å². The van der Waals surface area contributed by atoms with Gasteiger partial charge in [0.05, 0.1) is 6.61 Å². The van der Waals surface area contributed by atoms with Crippen molar-refractivity contribution in [2.75, 3.05) is 13.2 Å². The first-order valence-corrected chi connectivity index (χ1v) is 5.70. The normalized spacial score (nSPS) is 20.8. The van der Waals surface area contributed by atoms with Gasteiger partial charge in [0.25, 0.3) is 5.91 Å². The molecule has 6 heteroatoms. The molecular weight excluding hydrogens is 224 g/mol. The first kappa shape index (κ1) is 13.5. The zero-order valence-electron chi connectivity index (χ0n) is 9.90. The van der Waals surface area contributed by atoms with E-state index in [1.165, 1.54) is 6.20 Å². The number of esters is 1. The molecule has 1 atom stereocenters. The fourth-order valence-corrected chi connectivity index (χ4v) is 1.49. The number of carbonyl (C=O) groups is 2. The molecule has 0 spiro atoms. The second-order valence-corrected chi connectivity index (χ2v) is 3.66. The van der Waals surface area contributed by atoms with Crippen molar-refractivity contribution < 1.29 is 19.1 Å². The van der Waals surface area contributed by atoms with Gasteiger partial charge < -0.3 is 20.5 Å². The molecule has 0 aromatic heterocycles. The summed E-state index contributed by atoms with van der Waals surface area (Å²) < 4.78 is 10.1. The Morgan fingerprint density at radius 2 is 2.29 bits per heavy atom. The Morgan fingerprint density at radius 1 is 1.53 bits per heavy atom. The molecule has 3 N–H and O–H groups in total. The molecule has 0 aromatic carbocycles. The molecule has 1 heterocycles. The van der Waals surface area contributed by atoms with Gasteiger partial charge in [0, 0.05) is 12.8 Å². The molecule has 1 amide bonds. The van der Waals surface area contributed by atoms with Gasteiger partial charge in [-0.1, -0.05) is 0 Å². The molecule has 1 fully saturated rings. The Kier molecular flexibility index (Phi) is 5.48. The predicted molar refractivity (Wildman–Crippen MR) is 60.6 cm³/mol. The first-order valence-electron chi connectivity index (χ1n) is 5.70. The Morgan fingerprint density at radius 3 is 2.82 bits per heavy atom. The number of nitrogens with one attached hydrogen (secondary N) is 1. The van der Waals surface area contributed by atoms with Crippen LogP contribution in [0.4, 0.5) is 0 Å². The zero-order valence-corrected chi connectivity index (χ0v) is 9.90. The van der Waals surface area contributed by atoms with E-state index >= 15 is 0 Å². The minimum Gasteiger partial charge on any atom is -0.462 e. The third kappa shape index (κ3) is 4.44. The van der Waals surface area contributed by atoms with E-state index in [1.807, 2.05) is 0 Å². The monoisotopic (exact) mass is 242 g/mol. The van der Waals surface area contributed by atoms with Crippen LogP contribution < -0.4 is 11.1 Å². The molecule has 96 valence electrons. The highest BCUT2D eigenvalue weighted by atomic mass is 16.5. The fourth-order valence-electron chi connectivity index (χ4n) is 1.49. The van der Waals surface area contributed by atoms with Crippen LogP contribution in [-0.4, -0.2) is 31.3 Å². The summed E-state index contributed by atoms with van der Waals surface area (Å²) in [6, 6.07) is 0. The summed E-state index contributed by atoms with van der Waals surface area (Å²) >= 11 is 0. The van der Waals surface area contributed by atoms with Gasteiger partial charge in [-0.15, -0.1) is 0 Å². The molecule has 6 nitrogen and oxygen atoms in total. The second kappa shape index (κ2) is 6.90. The number of rotatable bonds is 5. The number of nitrogens with two attached hydrogens (primary N) is 1. The maximum atomic E-state index is 11.4. The summed E-state index contributed by atoms with van der Waals surface area (Å²) in [5.74, 6) is -1.53. The lowest BCUT2D eigenvalue weighted by Gasteiger charge is -2.22. The molecule has 0 bridgehead atoms. The van der Waals surface area contributed by atoms with Crippen LogP contribution in [0.3, 0.4) is 0 Å². The van der Waals surface area contributed by atoms with Crippen LogP contribution in [0.5, 0.6) is 0 Å². The SMILES string of the molecule is CCOC(=O)/C(=C/NC1CCCCO1)C(N)=O. The van der Waals surface area contributed by atoms with E-state index in [1.54, 1.807) is 6.92 Å². The third-order valence-electron chi connectivity index (χ3n) is 2.35. The molecule has 0 radical (unpaired) electrons. The lowest BCUT2D eigenvalue weighted by molar-refractivity contribution is -0.140. The van der Waals surface area contributed by atoms with Crippen molar-refractivity contribution in [1.82, 2.24) is 5.32 Å². The van der Waals surface area contributed by atoms with Crippen LogP contribution in [0.25, 0.3) is 0 Å². The Balaban J connectivity index is 2.56. The van der Waals surface area contributed by atoms with Crippen LogP contribution in [0.2, 0.25) is 0 Å². The van der Waals surface area contributed by atoms with Crippen molar-refractivity contribution in [3.05, 3.63) is 11.8 Å². The van der Waals surface area contributed by atoms with Gasteiger partial charge in [-0.25, -0.2) is 4.79 Å². The number of hydrogen-bond donors (Lipinski definition) is 2. The topological polar surface area (TPSA) is 90.7 Å². The van der Waals surface area contributed by atoms with Gasteiger partial charge >= 0.3 is 5.97 Å². The minimum absolute atomic E-state index is 0.174. The summed E-state index contributed by atoms with van der Waals surface area (Å²) in [4.78, 5) is 22.4. The van der Waals surface area contributed by atoms with E-state index in [4.69, 9.17) is 15.2 Å². The predicted octanol–water partition coefficient (Wildman–Crippen LogP) is 0.0349. The van der Waals surface area contributed by atoms with Gasteiger partial charge in [0.1, 0.15) is 11.8 Å². The van der Waals surface area contributed by atoms with E-state index in [2.05, 4.69) is 5.32 Å². The number of amides is 1. The summed E-state index contributed by atoms with van der Waals surface area (Å²) in [6.07, 6.45) is 4.02. The molecule has 1 unspecified atom stereocenters. The van der Waals surface area contributed by atoms with E-state index < -0.39 is 11.9 Å². The van der Waals surface area contributed by atoms with Crippen molar-refractivity contribution in [1.29, 1.82) is 0 Å². The van der Waals surface area contributed by atoms with Crippen molar-refractivity contribution in [3.8, 4) is 0 Å².